The summed E-state index contributed by atoms with van der Waals surface area (Å²) in [6.07, 6.45) is 0. The second-order valence-electron chi connectivity index (χ2n) is 3.59. The summed E-state index contributed by atoms with van der Waals surface area (Å²) in [5, 5.41) is 4.92. The molecule has 0 aliphatic rings. The van der Waals surface area contributed by atoms with Crippen LogP contribution < -0.4 is 5.14 Å². The molecule has 0 amide bonds. The second kappa shape index (κ2) is 5.17. The Morgan fingerprint density at radius 3 is 2.21 bits per heavy atom. The molecule has 0 saturated carbocycles. The largest absolute Gasteiger partial charge is 0.465 e. The van der Waals surface area contributed by atoms with Crippen molar-refractivity contribution < 1.29 is 26.4 Å². The minimum Gasteiger partial charge on any atom is -0.465 e. The fourth-order valence-corrected chi connectivity index (χ4v) is 4.76. The van der Waals surface area contributed by atoms with Crippen LogP contribution in [0.4, 0.5) is 0 Å². The topological polar surface area (TPSA) is 124 Å². The number of nitrogens with two attached hydrogens (primary N) is 1. The predicted molar refractivity (Wildman–Crippen MR) is 67.9 cm³/mol. The van der Waals surface area contributed by atoms with Crippen molar-refractivity contribution in [1.29, 1.82) is 0 Å². The van der Waals surface area contributed by atoms with Gasteiger partial charge in [-0.15, -0.1) is 11.3 Å². The van der Waals surface area contributed by atoms with Crippen LogP contribution in [0.1, 0.15) is 10.4 Å². The minimum atomic E-state index is -4.10. The summed E-state index contributed by atoms with van der Waals surface area (Å²) in [4.78, 5) is 11.5. The molecule has 2 N–H and O–H groups in total. The summed E-state index contributed by atoms with van der Waals surface area (Å²) in [5.41, 5.74) is -0.356. The van der Waals surface area contributed by atoms with Crippen molar-refractivity contribution in [2.24, 2.45) is 5.14 Å². The number of hydrogen-bond donors (Lipinski definition) is 1. The van der Waals surface area contributed by atoms with Crippen molar-refractivity contribution in [3.63, 3.8) is 0 Å². The number of sulfonamides is 2. The van der Waals surface area contributed by atoms with E-state index in [9.17, 15) is 21.6 Å². The van der Waals surface area contributed by atoms with E-state index in [1.165, 1.54) is 14.1 Å². The van der Waals surface area contributed by atoms with Gasteiger partial charge in [-0.05, 0) is 6.07 Å². The van der Waals surface area contributed by atoms with E-state index in [0.29, 0.717) is 11.3 Å². The number of carbonyl (C=O) groups excluding carboxylic acids is 1. The standard InChI is InChI=1S/C8H12N2O6S3/c1-10(2)19(14,15)8-5(7(11)16-3)4-6(17-8)18(9,12)13/h4H,1-3H3,(H2,9,12,13). The summed E-state index contributed by atoms with van der Waals surface area (Å²) >= 11 is 0.402. The van der Waals surface area contributed by atoms with Crippen molar-refractivity contribution in [2.75, 3.05) is 21.2 Å². The fourth-order valence-electron chi connectivity index (χ4n) is 1.10. The highest BCUT2D eigenvalue weighted by Gasteiger charge is 2.31. The lowest BCUT2D eigenvalue weighted by atomic mass is 10.3. The third-order valence-corrected chi connectivity index (χ3v) is 6.96. The quantitative estimate of drug-likeness (QED) is 0.738. The van der Waals surface area contributed by atoms with Gasteiger partial charge in [0.05, 0.1) is 12.7 Å². The number of methoxy groups -OCH3 is 1. The zero-order chi connectivity index (χ0) is 15.0. The Hall–Kier alpha value is -1.01. The Morgan fingerprint density at radius 2 is 1.84 bits per heavy atom. The number of primary sulfonamides is 1. The van der Waals surface area contributed by atoms with Gasteiger partial charge in [-0.1, -0.05) is 0 Å². The maximum Gasteiger partial charge on any atom is 0.340 e. The molecule has 0 bridgehead atoms. The van der Waals surface area contributed by atoms with Crippen molar-refractivity contribution in [3.8, 4) is 0 Å². The first-order valence-electron chi connectivity index (χ1n) is 4.69. The SMILES string of the molecule is COC(=O)c1cc(S(N)(=O)=O)sc1S(=O)(=O)N(C)C. The fraction of sp³-hybridized carbons (Fsp3) is 0.375. The average molecular weight is 328 g/mol. The molecule has 0 aromatic carbocycles. The first kappa shape index (κ1) is 16.0. The zero-order valence-corrected chi connectivity index (χ0v) is 12.7. The number of rotatable bonds is 4. The first-order chi connectivity index (χ1) is 8.51. The summed E-state index contributed by atoms with van der Waals surface area (Å²) in [7, 11) is -4.50. The van der Waals surface area contributed by atoms with E-state index in [1.807, 2.05) is 0 Å². The normalized spacial score (nSPS) is 12.7. The van der Waals surface area contributed by atoms with Gasteiger partial charge in [0.1, 0.15) is 4.21 Å². The molecule has 0 fully saturated rings. The van der Waals surface area contributed by atoms with Gasteiger partial charge < -0.3 is 4.74 Å². The molecular formula is C8H12N2O6S3. The predicted octanol–water partition coefficient (Wildman–Crippen LogP) is -0.568. The number of thiophene rings is 1. The highest BCUT2D eigenvalue weighted by Crippen LogP contribution is 2.31. The van der Waals surface area contributed by atoms with Gasteiger partial charge in [-0.3, -0.25) is 0 Å². The highest BCUT2D eigenvalue weighted by molar-refractivity contribution is 7.94. The van der Waals surface area contributed by atoms with Crippen LogP contribution in [0, 0.1) is 0 Å². The van der Waals surface area contributed by atoms with Crippen molar-refractivity contribution in [2.45, 2.75) is 8.42 Å². The van der Waals surface area contributed by atoms with E-state index in [1.54, 1.807) is 0 Å². The second-order valence-corrected chi connectivity index (χ2v) is 8.78. The van der Waals surface area contributed by atoms with Crippen LogP contribution in [-0.4, -0.2) is 48.3 Å². The maximum absolute atomic E-state index is 12.0. The molecule has 108 valence electrons. The highest BCUT2D eigenvalue weighted by atomic mass is 32.3. The Morgan fingerprint density at radius 1 is 1.32 bits per heavy atom. The van der Waals surface area contributed by atoms with E-state index < -0.39 is 34.4 Å². The maximum atomic E-state index is 12.0. The number of carbonyl (C=O) groups is 1. The lowest BCUT2D eigenvalue weighted by Crippen LogP contribution is -2.23. The van der Waals surface area contributed by atoms with Gasteiger partial charge >= 0.3 is 5.97 Å². The van der Waals surface area contributed by atoms with E-state index in [0.717, 1.165) is 17.5 Å². The Kier molecular flexibility index (Phi) is 4.37. The molecule has 1 heterocycles. The summed E-state index contributed by atoms with van der Waals surface area (Å²) in [6, 6.07) is 0.891. The van der Waals surface area contributed by atoms with Crippen LogP contribution in [0.5, 0.6) is 0 Å². The Labute approximate surface area is 114 Å². The van der Waals surface area contributed by atoms with Crippen LogP contribution in [0.2, 0.25) is 0 Å². The van der Waals surface area contributed by atoms with Crippen molar-refractivity contribution >= 4 is 37.4 Å². The van der Waals surface area contributed by atoms with Gasteiger partial charge in [0, 0.05) is 14.1 Å². The average Bonchev–Trinajstić information content (AvgIpc) is 2.72. The van der Waals surface area contributed by atoms with Crippen molar-refractivity contribution in [3.05, 3.63) is 11.6 Å². The summed E-state index contributed by atoms with van der Waals surface area (Å²) in [6.45, 7) is 0. The Balaban J connectivity index is 3.64. The third-order valence-electron chi connectivity index (χ3n) is 2.08. The van der Waals surface area contributed by atoms with Crippen LogP contribution >= 0.6 is 11.3 Å². The molecule has 8 nitrogen and oxygen atoms in total. The zero-order valence-electron chi connectivity index (χ0n) is 10.3. The molecule has 0 saturated heterocycles. The van der Waals surface area contributed by atoms with Crippen LogP contribution in [-0.2, 0) is 24.8 Å². The molecule has 1 aromatic heterocycles. The third kappa shape index (κ3) is 3.12. The van der Waals surface area contributed by atoms with Crippen LogP contribution in [0.3, 0.4) is 0 Å². The molecule has 0 spiro atoms. The van der Waals surface area contributed by atoms with Crippen LogP contribution in [0.15, 0.2) is 14.5 Å². The van der Waals surface area contributed by atoms with E-state index in [2.05, 4.69) is 4.74 Å². The number of ether oxygens (including phenoxy) is 1. The molecule has 19 heavy (non-hydrogen) atoms. The molecule has 1 aromatic rings. The molecule has 1 rings (SSSR count). The number of esters is 1. The minimum absolute atomic E-state index is 0.356. The number of nitrogens with zero attached hydrogens (tertiary/aromatic N) is 1. The van der Waals surface area contributed by atoms with E-state index in [-0.39, 0.29) is 5.56 Å². The molecule has 0 aliphatic carbocycles. The molecule has 0 aliphatic heterocycles. The molecule has 0 atom stereocenters. The molecule has 0 radical (unpaired) electrons. The smallest absolute Gasteiger partial charge is 0.340 e. The van der Waals surface area contributed by atoms with Gasteiger partial charge in [-0.25, -0.2) is 31.1 Å². The van der Waals surface area contributed by atoms with Gasteiger partial charge in [0.2, 0.25) is 10.0 Å². The summed E-state index contributed by atoms with van der Waals surface area (Å²) < 4.78 is 50.9. The first-order valence-corrected chi connectivity index (χ1v) is 8.49. The monoisotopic (exact) mass is 328 g/mol. The molecular weight excluding hydrogens is 316 g/mol. The summed E-state index contributed by atoms with van der Waals surface area (Å²) in [5.74, 6) is -0.952. The lowest BCUT2D eigenvalue weighted by molar-refractivity contribution is 0.0597. The van der Waals surface area contributed by atoms with Crippen LogP contribution in [0.25, 0.3) is 0 Å². The molecule has 11 heteroatoms. The van der Waals surface area contributed by atoms with E-state index >= 15 is 0 Å². The molecule has 0 unspecified atom stereocenters. The van der Waals surface area contributed by atoms with Gasteiger partial charge in [0.15, 0.2) is 4.21 Å². The lowest BCUT2D eigenvalue weighted by Gasteiger charge is -2.10. The van der Waals surface area contributed by atoms with Gasteiger partial charge in [-0.2, -0.15) is 0 Å². The van der Waals surface area contributed by atoms with Gasteiger partial charge in [0.25, 0.3) is 10.0 Å². The van der Waals surface area contributed by atoms with Crippen molar-refractivity contribution in [1.82, 2.24) is 4.31 Å². The number of hydrogen-bond acceptors (Lipinski definition) is 7. The Bertz CT molecular complexity index is 701. The van der Waals surface area contributed by atoms with E-state index in [4.69, 9.17) is 5.14 Å².